The van der Waals surface area contributed by atoms with E-state index < -0.39 is 0 Å². The van der Waals surface area contributed by atoms with Crippen LogP contribution in [0.4, 0.5) is 0 Å². The molecule has 0 radical (unpaired) electrons. The van der Waals surface area contributed by atoms with Crippen molar-refractivity contribution in [3.05, 3.63) is 52.8 Å². The Morgan fingerprint density at radius 1 is 1.22 bits per heavy atom. The summed E-state index contributed by atoms with van der Waals surface area (Å²) in [6, 6.07) is 11.9. The second-order valence-corrected chi connectivity index (χ2v) is 4.87. The van der Waals surface area contributed by atoms with Crippen LogP contribution in [0, 0.1) is 0 Å². The van der Waals surface area contributed by atoms with E-state index in [1.807, 2.05) is 36.4 Å². The van der Waals surface area contributed by atoms with E-state index in [9.17, 15) is 0 Å². The van der Waals surface area contributed by atoms with Crippen molar-refractivity contribution in [1.29, 1.82) is 0 Å². The fourth-order valence-corrected chi connectivity index (χ4v) is 2.26. The van der Waals surface area contributed by atoms with Crippen LogP contribution < -0.4 is 5.73 Å². The van der Waals surface area contributed by atoms with Gasteiger partial charge in [-0.1, -0.05) is 28.1 Å². The molecule has 18 heavy (non-hydrogen) atoms. The number of hydrogen-bond donors (Lipinski definition) is 1. The molecule has 90 valence electrons. The monoisotopic (exact) mass is 302 g/mol. The van der Waals surface area contributed by atoms with Crippen molar-refractivity contribution in [1.82, 2.24) is 14.6 Å². The molecule has 0 amide bonds. The Bertz CT molecular complexity index is 705. The first kappa shape index (κ1) is 11.4. The van der Waals surface area contributed by atoms with Gasteiger partial charge in [0.1, 0.15) is 0 Å². The van der Waals surface area contributed by atoms with Crippen molar-refractivity contribution in [3.63, 3.8) is 0 Å². The quantitative estimate of drug-likeness (QED) is 0.792. The van der Waals surface area contributed by atoms with Crippen LogP contribution in [0.15, 0.2) is 47.1 Å². The van der Waals surface area contributed by atoms with Crippen LogP contribution in [0.5, 0.6) is 0 Å². The van der Waals surface area contributed by atoms with E-state index in [0.29, 0.717) is 6.54 Å². The number of halogens is 1. The van der Waals surface area contributed by atoms with Gasteiger partial charge in [0, 0.05) is 16.6 Å². The Kier molecular flexibility index (Phi) is 2.85. The van der Waals surface area contributed by atoms with Crippen LogP contribution >= 0.6 is 15.9 Å². The van der Waals surface area contributed by atoms with Crippen LogP contribution in [0.2, 0.25) is 0 Å². The highest BCUT2D eigenvalue weighted by Crippen LogP contribution is 2.21. The molecular weight excluding hydrogens is 292 g/mol. The van der Waals surface area contributed by atoms with Crippen molar-refractivity contribution in [2.24, 2.45) is 5.73 Å². The number of imidazole rings is 1. The van der Waals surface area contributed by atoms with Gasteiger partial charge in [-0.2, -0.15) is 5.10 Å². The van der Waals surface area contributed by atoms with Crippen LogP contribution in [-0.4, -0.2) is 14.6 Å². The summed E-state index contributed by atoms with van der Waals surface area (Å²) in [5.74, 6) is 0. The largest absolute Gasteiger partial charge is 0.325 e. The molecule has 0 bridgehead atoms. The topological polar surface area (TPSA) is 56.2 Å². The zero-order valence-corrected chi connectivity index (χ0v) is 11.1. The van der Waals surface area contributed by atoms with Crippen molar-refractivity contribution in [3.8, 4) is 11.3 Å². The maximum atomic E-state index is 5.66. The van der Waals surface area contributed by atoms with Crippen molar-refractivity contribution in [2.45, 2.75) is 6.54 Å². The Morgan fingerprint density at radius 2 is 2.11 bits per heavy atom. The number of aromatic nitrogens is 3. The number of hydrogen-bond acceptors (Lipinski definition) is 3. The van der Waals surface area contributed by atoms with Gasteiger partial charge in [0.2, 0.25) is 0 Å². The van der Waals surface area contributed by atoms with E-state index in [1.54, 1.807) is 10.7 Å². The van der Waals surface area contributed by atoms with E-state index in [-0.39, 0.29) is 0 Å². The molecule has 1 aromatic carbocycles. The fraction of sp³-hybridized carbons (Fsp3) is 0.0769. The first-order valence-corrected chi connectivity index (χ1v) is 6.37. The Morgan fingerprint density at radius 3 is 2.89 bits per heavy atom. The van der Waals surface area contributed by atoms with E-state index in [1.165, 1.54) is 0 Å². The highest BCUT2D eigenvalue weighted by molar-refractivity contribution is 9.10. The molecule has 0 unspecified atom stereocenters. The molecule has 5 heteroatoms. The summed E-state index contributed by atoms with van der Waals surface area (Å²) < 4.78 is 2.82. The molecule has 0 saturated carbocycles. The molecule has 0 spiro atoms. The standard InChI is InChI=1S/C13H11BrN4/c14-10-3-1-2-9(6-10)12-4-5-13-16-8-11(7-15)18(13)17-12/h1-6,8H,7,15H2. The minimum atomic E-state index is 0.427. The van der Waals surface area contributed by atoms with Gasteiger partial charge in [0.25, 0.3) is 0 Å². The number of nitrogens with two attached hydrogens (primary N) is 1. The second-order valence-electron chi connectivity index (χ2n) is 3.95. The molecule has 0 aliphatic heterocycles. The van der Waals surface area contributed by atoms with E-state index in [4.69, 9.17) is 5.73 Å². The average molecular weight is 303 g/mol. The molecule has 0 saturated heterocycles. The third-order valence-corrected chi connectivity index (χ3v) is 3.26. The minimum absolute atomic E-state index is 0.427. The van der Waals surface area contributed by atoms with Crippen LogP contribution in [0.25, 0.3) is 16.9 Å². The zero-order valence-electron chi connectivity index (χ0n) is 9.55. The van der Waals surface area contributed by atoms with Gasteiger partial charge in [-0.25, -0.2) is 9.50 Å². The molecular formula is C13H11BrN4. The molecule has 0 atom stereocenters. The zero-order chi connectivity index (χ0) is 12.5. The van der Waals surface area contributed by atoms with Crippen molar-refractivity contribution < 1.29 is 0 Å². The lowest BCUT2D eigenvalue weighted by molar-refractivity contribution is 0.850. The van der Waals surface area contributed by atoms with Gasteiger partial charge >= 0.3 is 0 Å². The molecule has 2 heterocycles. The molecule has 4 nitrogen and oxygen atoms in total. The van der Waals surface area contributed by atoms with Crippen molar-refractivity contribution in [2.75, 3.05) is 0 Å². The lowest BCUT2D eigenvalue weighted by Crippen LogP contribution is -2.04. The third-order valence-electron chi connectivity index (χ3n) is 2.76. The predicted molar refractivity (Wildman–Crippen MR) is 74.0 cm³/mol. The van der Waals surface area contributed by atoms with Crippen LogP contribution in [0.3, 0.4) is 0 Å². The predicted octanol–water partition coefficient (Wildman–Crippen LogP) is 2.62. The number of benzene rings is 1. The average Bonchev–Trinajstić information content (AvgIpc) is 2.80. The molecule has 2 N–H and O–H groups in total. The van der Waals surface area contributed by atoms with Crippen LogP contribution in [0.1, 0.15) is 5.69 Å². The third kappa shape index (κ3) is 1.91. The number of rotatable bonds is 2. The van der Waals surface area contributed by atoms with Gasteiger partial charge in [0.15, 0.2) is 5.65 Å². The lowest BCUT2D eigenvalue weighted by Gasteiger charge is -2.03. The molecule has 2 aromatic heterocycles. The summed E-state index contributed by atoms with van der Waals surface area (Å²) in [5.41, 5.74) is 9.34. The molecule has 3 aromatic rings. The Hall–Kier alpha value is -1.72. The molecule has 3 rings (SSSR count). The van der Waals surface area contributed by atoms with Crippen LogP contribution in [-0.2, 0) is 6.54 Å². The summed E-state index contributed by atoms with van der Waals surface area (Å²) in [4.78, 5) is 4.25. The summed E-state index contributed by atoms with van der Waals surface area (Å²) >= 11 is 3.46. The van der Waals surface area contributed by atoms with E-state index in [2.05, 4.69) is 26.0 Å². The molecule has 0 aliphatic rings. The normalized spacial score (nSPS) is 11.0. The highest BCUT2D eigenvalue weighted by atomic mass is 79.9. The number of nitrogens with zero attached hydrogens (tertiary/aromatic N) is 3. The summed E-state index contributed by atoms with van der Waals surface area (Å²) in [7, 11) is 0. The first-order chi connectivity index (χ1) is 8.78. The highest BCUT2D eigenvalue weighted by Gasteiger charge is 2.05. The van der Waals surface area contributed by atoms with E-state index in [0.717, 1.165) is 27.1 Å². The lowest BCUT2D eigenvalue weighted by atomic mass is 10.1. The smallest absolute Gasteiger partial charge is 0.153 e. The van der Waals surface area contributed by atoms with Gasteiger partial charge in [-0.15, -0.1) is 0 Å². The fourth-order valence-electron chi connectivity index (χ4n) is 1.86. The van der Waals surface area contributed by atoms with Gasteiger partial charge in [0.05, 0.1) is 17.6 Å². The summed E-state index contributed by atoms with van der Waals surface area (Å²) in [5, 5.41) is 4.57. The van der Waals surface area contributed by atoms with Gasteiger partial charge in [-0.3, -0.25) is 0 Å². The second kappa shape index (κ2) is 4.51. The number of fused-ring (bicyclic) bond motifs is 1. The SMILES string of the molecule is NCc1cnc2ccc(-c3cccc(Br)c3)nn12. The summed E-state index contributed by atoms with van der Waals surface area (Å²) in [6.45, 7) is 0.427. The van der Waals surface area contributed by atoms with Gasteiger partial charge in [-0.05, 0) is 24.3 Å². The maximum Gasteiger partial charge on any atom is 0.153 e. The Labute approximate surface area is 113 Å². The van der Waals surface area contributed by atoms with Crippen molar-refractivity contribution >= 4 is 21.6 Å². The van der Waals surface area contributed by atoms with Gasteiger partial charge < -0.3 is 5.73 Å². The Balaban J connectivity index is 2.18. The minimum Gasteiger partial charge on any atom is -0.325 e. The molecule has 0 fully saturated rings. The first-order valence-electron chi connectivity index (χ1n) is 5.57. The summed E-state index contributed by atoms with van der Waals surface area (Å²) in [6.07, 6.45) is 1.76. The maximum absolute atomic E-state index is 5.66. The molecule has 0 aliphatic carbocycles. The van der Waals surface area contributed by atoms with E-state index >= 15 is 0 Å².